The zero-order chi connectivity index (χ0) is 11.7. The van der Waals surface area contributed by atoms with Crippen LogP contribution in [0, 0.1) is 0 Å². The van der Waals surface area contributed by atoms with E-state index in [9.17, 15) is 9.90 Å². The summed E-state index contributed by atoms with van der Waals surface area (Å²) >= 11 is 0. The summed E-state index contributed by atoms with van der Waals surface area (Å²) < 4.78 is 0. The third-order valence-corrected chi connectivity index (χ3v) is 2.92. The van der Waals surface area contributed by atoms with Crippen molar-refractivity contribution in [2.75, 3.05) is 0 Å². The first-order chi connectivity index (χ1) is 7.59. The number of hydrogen-bond acceptors (Lipinski definition) is 3. The first kappa shape index (κ1) is 11.1. The van der Waals surface area contributed by atoms with E-state index >= 15 is 0 Å². The lowest BCUT2D eigenvalue weighted by Gasteiger charge is -2.19. The van der Waals surface area contributed by atoms with Gasteiger partial charge in [0, 0.05) is 6.42 Å². The van der Waals surface area contributed by atoms with E-state index in [1.165, 1.54) is 0 Å². The van der Waals surface area contributed by atoms with Crippen LogP contribution < -0.4 is 11.1 Å². The number of rotatable bonds is 2. The second kappa shape index (κ2) is 4.23. The fourth-order valence-electron chi connectivity index (χ4n) is 2.03. The van der Waals surface area contributed by atoms with E-state index in [1.807, 2.05) is 24.3 Å². The van der Waals surface area contributed by atoms with Gasteiger partial charge in [0.15, 0.2) is 0 Å². The molecule has 4 N–H and O–H groups in total. The van der Waals surface area contributed by atoms with Gasteiger partial charge in [-0.25, -0.2) is 0 Å². The summed E-state index contributed by atoms with van der Waals surface area (Å²) in [4.78, 5) is 11.5. The van der Waals surface area contributed by atoms with Crippen molar-refractivity contribution in [1.29, 1.82) is 0 Å². The summed E-state index contributed by atoms with van der Waals surface area (Å²) in [7, 11) is 0. The predicted molar refractivity (Wildman–Crippen MR) is 60.7 cm³/mol. The number of aliphatic hydroxyl groups is 1. The predicted octanol–water partition coefficient (Wildman–Crippen LogP) is 0.108. The quantitative estimate of drug-likeness (QED) is 0.662. The van der Waals surface area contributed by atoms with Gasteiger partial charge < -0.3 is 16.2 Å². The van der Waals surface area contributed by atoms with E-state index in [-0.39, 0.29) is 11.9 Å². The first-order valence-corrected chi connectivity index (χ1v) is 5.41. The maximum Gasteiger partial charge on any atom is 0.237 e. The Labute approximate surface area is 94.5 Å². The van der Waals surface area contributed by atoms with Crippen LogP contribution in [0.15, 0.2) is 24.3 Å². The molecule has 1 unspecified atom stereocenters. The molecule has 1 amide bonds. The Hall–Kier alpha value is -1.39. The molecule has 2 rings (SSSR count). The highest BCUT2D eigenvalue weighted by Crippen LogP contribution is 2.31. The number of carbonyl (C=O) groups is 1. The minimum atomic E-state index is -0.556. The lowest BCUT2D eigenvalue weighted by molar-refractivity contribution is -0.123. The number of aliphatic hydroxyl groups excluding tert-OH is 1. The molecule has 16 heavy (non-hydrogen) atoms. The van der Waals surface area contributed by atoms with E-state index < -0.39 is 12.1 Å². The molecule has 4 nitrogen and oxygen atoms in total. The first-order valence-electron chi connectivity index (χ1n) is 5.41. The number of benzene rings is 1. The highest BCUT2D eigenvalue weighted by molar-refractivity contribution is 5.81. The summed E-state index contributed by atoms with van der Waals surface area (Å²) in [6, 6.07) is 6.85. The van der Waals surface area contributed by atoms with Crippen LogP contribution >= 0.6 is 0 Å². The van der Waals surface area contributed by atoms with Gasteiger partial charge in [0.2, 0.25) is 5.91 Å². The van der Waals surface area contributed by atoms with Gasteiger partial charge in [-0.1, -0.05) is 24.3 Å². The molecule has 0 spiro atoms. The molecule has 0 fully saturated rings. The Balaban J connectivity index is 2.19. The molecular formula is C12H16N2O2. The van der Waals surface area contributed by atoms with Crippen molar-refractivity contribution in [3.63, 3.8) is 0 Å². The standard InChI is InChI=1S/C12H16N2O2/c1-7(13)12(16)14-11-9-5-3-2-4-8(9)6-10(11)15/h2-5,7,10-11,15H,6,13H2,1H3,(H,14,16)/t7?,10-,11+/m0/s1. The van der Waals surface area contributed by atoms with Gasteiger partial charge in [0.1, 0.15) is 0 Å². The Bertz CT molecular complexity index is 404. The number of carbonyl (C=O) groups excluding carboxylic acids is 1. The van der Waals surface area contributed by atoms with E-state index in [0.717, 1.165) is 11.1 Å². The van der Waals surface area contributed by atoms with Gasteiger partial charge in [-0.05, 0) is 18.1 Å². The third-order valence-electron chi connectivity index (χ3n) is 2.92. The van der Waals surface area contributed by atoms with Gasteiger partial charge in [-0.3, -0.25) is 4.79 Å². The van der Waals surface area contributed by atoms with Crippen molar-refractivity contribution in [3.8, 4) is 0 Å². The summed E-state index contributed by atoms with van der Waals surface area (Å²) in [6.07, 6.45) is 0.0279. The van der Waals surface area contributed by atoms with Gasteiger partial charge in [-0.15, -0.1) is 0 Å². The highest BCUT2D eigenvalue weighted by Gasteiger charge is 2.32. The van der Waals surface area contributed by atoms with Crippen LogP contribution in [0.5, 0.6) is 0 Å². The lowest BCUT2D eigenvalue weighted by Crippen LogP contribution is -2.42. The maximum atomic E-state index is 11.5. The average molecular weight is 220 g/mol. The van der Waals surface area contributed by atoms with Crippen LogP contribution in [-0.4, -0.2) is 23.2 Å². The van der Waals surface area contributed by atoms with E-state index in [2.05, 4.69) is 5.32 Å². The number of amides is 1. The minimum absolute atomic E-state index is 0.235. The number of fused-ring (bicyclic) bond motifs is 1. The zero-order valence-electron chi connectivity index (χ0n) is 9.18. The SMILES string of the molecule is CC(N)C(=O)N[C@@H]1c2ccccc2C[C@@H]1O. The van der Waals surface area contributed by atoms with E-state index in [4.69, 9.17) is 5.73 Å². The second-order valence-electron chi connectivity index (χ2n) is 4.25. The molecule has 0 saturated heterocycles. The van der Waals surface area contributed by atoms with Crippen LogP contribution in [0.4, 0.5) is 0 Å². The summed E-state index contributed by atoms with van der Waals surface area (Å²) in [6.45, 7) is 1.63. The Morgan fingerprint density at radius 3 is 2.94 bits per heavy atom. The normalized spacial score (nSPS) is 24.9. The Morgan fingerprint density at radius 2 is 2.25 bits per heavy atom. The fraction of sp³-hybridized carbons (Fsp3) is 0.417. The molecule has 0 saturated carbocycles. The molecule has 0 radical (unpaired) electrons. The molecular weight excluding hydrogens is 204 g/mol. The number of nitrogens with two attached hydrogens (primary N) is 1. The van der Waals surface area contributed by atoms with Crippen LogP contribution in [0.25, 0.3) is 0 Å². The zero-order valence-corrected chi connectivity index (χ0v) is 9.18. The largest absolute Gasteiger partial charge is 0.390 e. The van der Waals surface area contributed by atoms with Gasteiger partial charge in [0.05, 0.1) is 18.2 Å². The van der Waals surface area contributed by atoms with Crippen molar-refractivity contribution in [2.45, 2.75) is 31.5 Å². The average Bonchev–Trinajstić information content (AvgIpc) is 2.55. The van der Waals surface area contributed by atoms with E-state index in [0.29, 0.717) is 6.42 Å². The summed E-state index contributed by atoms with van der Waals surface area (Å²) in [5, 5.41) is 12.7. The van der Waals surface area contributed by atoms with Crippen LogP contribution in [0.1, 0.15) is 24.1 Å². The maximum absolute atomic E-state index is 11.5. The Kier molecular flexibility index (Phi) is 2.94. The smallest absolute Gasteiger partial charge is 0.237 e. The topological polar surface area (TPSA) is 75.4 Å². The molecule has 0 aliphatic heterocycles. The lowest BCUT2D eigenvalue weighted by atomic mass is 10.1. The van der Waals surface area contributed by atoms with Crippen LogP contribution in [0.2, 0.25) is 0 Å². The molecule has 1 aliphatic carbocycles. The fourth-order valence-corrected chi connectivity index (χ4v) is 2.03. The van der Waals surface area contributed by atoms with Crippen molar-refractivity contribution < 1.29 is 9.90 Å². The van der Waals surface area contributed by atoms with Gasteiger partial charge in [0.25, 0.3) is 0 Å². The molecule has 86 valence electrons. The van der Waals surface area contributed by atoms with Crippen molar-refractivity contribution in [2.24, 2.45) is 5.73 Å². The summed E-state index contributed by atoms with van der Waals surface area (Å²) in [5.74, 6) is -0.235. The molecule has 3 atom stereocenters. The van der Waals surface area contributed by atoms with Crippen molar-refractivity contribution in [1.82, 2.24) is 5.32 Å². The molecule has 1 aromatic rings. The van der Waals surface area contributed by atoms with Crippen LogP contribution in [0.3, 0.4) is 0 Å². The van der Waals surface area contributed by atoms with Crippen molar-refractivity contribution in [3.05, 3.63) is 35.4 Å². The summed E-state index contributed by atoms with van der Waals surface area (Å²) in [5.41, 5.74) is 7.56. The number of hydrogen-bond donors (Lipinski definition) is 3. The molecule has 1 aromatic carbocycles. The molecule has 0 bridgehead atoms. The third kappa shape index (κ3) is 1.94. The Morgan fingerprint density at radius 1 is 1.56 bits per heavy atom. The second-order valence-corrected chi connectivity index (χ2v) is 4.25. The molecule has 1 aliphatic rings. The molecule has 0 heterocycles. The minimum Gasteiger partial charge on any atom is -0.390 e. The van der Waals surface area contributed by atoms with Gasteiger partial charge >= 0.3 is 0 Å². The molecule has 4 heteroatoms. The van der Waals surface area contributed by atoms with Crippen molar-refractivity contribution >= 4 is 5.91 Å². The number of nitrogens with one attached hydrogen (secondary N) is 1. The van der Waals surface area contributed by atoms with Gasteiger partial charge in [-0.2, -0.15) is 0 Å². The molecule has 0 aromatic heterocycles. The van der Waals surface area contributed by atoms with E-state index in [1.54, 1.807) is 6.92 Å². The monoisotopic (exact) mass is 220 g/mol. The highest BCUT2D eigenvalue weighted by atomic mass is 16.3. The van der Waals surface area contributed by atoms with Crippen LogP contribution in [-0.2, 0) is 11.2 Å².